The fourth-order valence-electron chi connectivity index (χ4n) is 8.89. The van der Waals surface area contributed by atoms with Crippen LogP contribution >= 0.6 is 0 Å². The van der Waals surface area contributed by atoms with Gasteiger partial charge in [-0.05, 0) is 122 Å². The zero-order chi connectivity index (χ0) is 38.5. The lowest BCUT2D eigenvalue weighted by Gasteiger charge is -2.50. The summed E-state index contributed by atoms with van der Waals surface area (Å²) >= 11 is 0. The second-order valence-electron chi connectivity index (χ2n) is 14.6. The minimum Gasteiger partial charge on any atom is -0.497 e. The fraction of sp³-hybridized carbons (Fsp3) is 0.429. The van der Waals surface area contributed by atoms with Gasteiger partial charge in [-0.1, -0.05) is 12.2 Å². The number of pyridine rings is 2. The molecule has 4 bridgehead atoms. The van der Waals surface area contributed by atoms with Crippen LogP contribution in [0.2, 0.25) is 0 Å². The van der Waals surface area contributed by atoms with Gasteiger partial charge in [0, 0.05) is 48.3 Å². The molecule has 6 fully saturated rings. The first-order valence-electron chi connectivity index (χ1n) is 18.5. The molecule has 6 aliphatic heterocycles. The Labute approximate surface area is 315 Å². The third-order valence-corrected chi connectivity index (χ3v) is 11.8. The van der Waals surface area contributed by atoms with Crippen LogP contribution in [0.15, 0.2) is 86.2 Å². The van der Waals surface area contributed by atoms with Crippen molar-refractivity contribution in [1.29, 1.82) is 0 Å². The average molecular weight is 739 g/mol. The SMILES string of the molecule is C=C[C@H]1CN2CC[C@H]1C[C@H]2[C@H](O)c1ccnc2ccc(OC)cc12.C=C[C@H]1CN2CC[C@H]1C[C@H]2[C@H](O)c1ccnc2ccc(OC)cc12.O=C(O)C(=O)O. The van der Waals surface area contributed by atoms with Gasteiger partial charge in [0.2, 0.25) is 0 Å². The molecule has 6 saturated heterocycles. The number of carboxylic acids is 2. The number of aliphatic hydroxyl groups excluding tert-OH is 2. The van der Waals surface area contributed by atoms with Crippen LogP contribution < -0.4 is 9.47 Å². The topological polar surface area (TPSA) is 166 Å². The van der Waals surface area contributed by atoms with Gasteiger partial charge in [0.1, 0.15) is 11.5 Å². The second kappa shape index (κ2) is 17.1. The summed E-state index contributed by atoms with van der Waals surface area (Å²) < 4.78 is 10.7. The van der Waals surface area contributed by atoms with Gasteiger partial charge in [-0.2, -0.15) is 0 Å². The quantitative estimate of drug-likeness (QED) is 0.133. The molecule has 12 nitrogen and oxygen atoms in total. The number of carbonyl (C=O) groups is 2. The third-order valence-electron chi connectivity index (χ3n) is 11.8. The molecule has 54 heavy (non-hydrogen) atoms. The van der Waals surface area contributed by atoms with Gasteiger partial charge in [-0.3, -0.25) is 19.8 Å². The van der Waals surface area contributed by atoms with Crippen LogP contribution in [0.4, 0.5) is 0 Å². The van der Waals surface area contributed by atoms with Gasteiger partial charge in [-0.25, -0.2) is 9.59 Å². The molecule has 8 heterocycles. The van der Waals surface area contributed by atoms with Crippen molar-refractivity contribution in [2.45, 2.75) is 50.0 Å². The molecule has 10 atom stereocenters. The highest BCUT2D eigenvalue weighted by atomic mass is 16.5. The van der Waals surface area contributed by atoms with E-state index in [1.54, 1.807) is 26.6 Å². The lowest BCUT2D eigenvalue weighted by atomic mass is 9.73. The first-order valence-corrected chi connectivity index (χ1v) is 18.5. The average Bonchev–Trinajstić information content (AvgIpc) is 3.22. The Hall–Kier alpha value is -4.88. The number of ether oxygens (including phenoxy) is 2. The van der Waals surface area contributed by atoms with Gasteiger partial charge in [0.25, 0.3) is 0 Å². The first kappa shape index (κ1) is 38.8. The number of fused-ring (bicyclic) bond motifs is 8. The maximum absolute atomic E-state index is 11.2. The lowest BCUT2D eigenvalue weighted by molar-refractivity contribution is -0.159. The minimum absolute atomic E-state index is 0.178. The van der Waals surface area contributed by atoms with Crippen molar-refractivity contribution < 1.29 is 39.5 Å². The molecule has 2 aromatic carbocycles. The van der Waals surface area contributed by atoms with Gasteiger partial charge < -0.3 is 29.9 Å². The fourth-order valence-corrected chi connectivity index (χ4v) is 8.89. The Bertz CT molecular complexity index is 1850. The Morgan fingerprint density at radius 3 is 1.44 bits per heavy atom. The standard InChI is InChI=1S/2C20H24N2O2.C2H2O4/c2*1-3-13-12-22-9-7-14(13)10-19(22)20(23)16-6-8-21-18-5-4-15(24-2)11-17(16)18;3-1(4)2(5)6/h2*3-6,8,11,13-14,19-20,23H,1,7,9-10,12H2,2H3;(H,3,4)(H,5,6)/t2*13-,14-,19-,20+;/m00./s1. The summed E-state index contributed by atoms with van der Waals surface area (Å²) in [6.07, 6.45) is 11.2. The van der Waals surface area contributed by atoms with Crippen molar-refractivity contribution in [3.63, 3.8) is 0 Å². The highest BCUT2D eigenvalue weighted by Gasteiger charge is 2.43. The van der Waals surface area contributed by atoms with Crippen LogP contribution in [-0.4, -0.2) is 105 Å². The number of rotatable bonds is 8. The van der Waals surface area contributed by atoms with E-state index < -0.39 is 24.1 Å². The summed E-state index contributed by atoms with van der Waals surface area (Å²) in [5.41, 5.74) is 3.69. The second-order valence-corrected chi connectivity index (χ2v) is 14.6. The van der Waals surface area contributed by atoms with Crippen molar-refractivity contribution in [3.05, 3.63) is 97.4 Å². The minimum atomic E-state index is -1.82. The van der Waals surface area contributed by atoms with Crippen LogP contribution in [0.3, 0.4) is 0 Å². The molecule has 0 radical (unpaired) electrons. The number of hydrogen-bond donors (Lipinski definition) is 4. The number of benzene rings is 2. The molecule has 0 aliphatic carbocycles. The van der Waals surface area contributed by atoms with E-state index in [2.05, 4.69) is 45.1 Å². The van der Waals surface area contributed by atoms with Gasteiger partial charge in [-0.15, -0.1) is 13.2 Å². The number of aliphatic hydroxyl groups is 2. The maximum Gasteiger partial charge on any atom is 0.414 e. The number of methoxy groups -OCH3 is 2. The van der Waals surface area contributed by atoms with Crippen molar-refractivity contribution in [2.75, 3.05) is 40.4 Å². The summed E-state index contributed by atoms with van der Waals surface area (Å²) in [6.45, 7) is 12.1. The molecule has 2 unspecified atom stereocenters. The van der Waals surface area contributed by atoms with Crippen LogP contribution in [0, 0.1) is 23.7 Å². The van der Waals surface area contributed by atoms with Crippen LogP contribution in [-0.2, 0) is 9.59 Å². The van der Waals surface area contributed by atoms with Crippen LogP contribution in [0.1, 0.15) is 49.0 Å². The molecule has 4 N–H and O–H groups in total. The highest BCUT2D eigenvalue weighted by Crippen LogP contribution is 2.43. The van der Waals surface area contributed by atoms with Gasteiger partial charge in [0.05, 0.1) is 37.5 Å². The number of hydrogen-bond acceptors (Lipinski definition) is 10. The summed E-state index contributed by atoms with van der Waals surface area (Å²) in [5, 5.41) is 39.0. The summed E-state index contributed by atoms with van der Waals surface area (Å²) in [4.78, 5) is 31.9. The number of nitrogens with zero attached hydrogens (tertiary/aromatic N) is 4. The van der Waals surface area contributed by atoms with E-state index in [1.807, 2.05) is 48.5 Å². The van der Waals surface area contributed by atoms with E-state index in [1.165, 1.54) is 12.8 Å². The lowest BCUT2D eigenvalue weighted by Crippen LogP contribution is -2.54. The summed E-state index contributed by atoms with van der Waals surface area (Å²) in [7, 11) is 3.32. The van der Waals surface area contributed by atoms with E-state index in [-0.39, 0.29) is 12.1 Å². The largest absolute Gasteiger partial charge is 0.497 e. The molecule has 2 aromatic heterocycles. The van der Waals surface area contributed by atoms with Gasteiger partial charge in [0.15, 0.2) is 0 Å². The molecule has 286 valence electrons. The van der Waals surface area contributed by atoms with Crippen LogP contribution in [0.25, 0.3) is 21.8 Å². The Kier molecular flexibility index (Phi) is 12.3. The molecule has 0 spiro atoms. The van der Waals surface area contributed by atoms with Crippen molar-refractivity contribution in [1.82, 2.24) is 19.8 Å². The van der Waals surface area contributed by atoms with E-state index in [0.717, 1.165) is 83.5 Å². The molecular formula is C42H50N4O8. The Morgan fingerprint density at radius 2 is 1.13 bits per heavy atom. The van der Waals surface area contributed by atoms with Crippen LogP contribution in [0.5, 0.6) is 11.5 Å². The molecule has 0 saturated carbocycles. The number of carboxylic acid groups (broad SMARTS) is 2. The van der Waals surface area contributed by atoms with E-state index in [4.69, 9.17) is 29.3 Å². The normalized spacial score (nSPS) is 27.7. The van der Waals surface area contributed by atoms with Crippen molar-refractivity contribution in [2.24, 2.45) is 23.7 Å². The molecule has 6 aliphatic rings. The molecule has 0 amide bonds. The summed E-state index contributed by atoms with van der Waals surface area (Å²) in [6, 6.07) is 15.9. The molecule has 4 aromatic rings. The number of piperidine rings is 6. The number of aliphatic carboxylic acids is 2. The van der Waals surface area contributed by atoms with E-state index >= 15 is 0 Å². The first-order chi connectivity index (χ1) is 26.1. The highest BCUT2D eigenvalue weighted by molar-refractivity contribution is 6.27. The van der Waals surface area contributed by atoms with Gasteiger partial charge >= 0.3 is 11.9 Å². The van der Waals surface area contributed by atoms with Crippen molar-refractivity contribution >= 4 is 33.7 Å². The Morgan fingerprint density at radius 1 is 0.722 bits per heavy atom. The Balaban J connectivity index is 0.000000160. The predicted molar refractivity (Wildman–Crippen MR) is 205 cm³/mol. The van der Waals surface area contributed by atoms with E-state index in [0.29, 0.717) is 23.7 Å². The van der Waals surface area contributed by atoms with E-state index in [9.17, 15) is 10.2 Å². The molecular weight excluding hydrogens is 688 g/mol. The maximum atomic E-state index is 11.2. The summed E-state index contributed by atoms with van der Waals surface area (Å²) in [5.74, 6) is 0.366. The zero-order valence-corrected chi connectivity index (χ0v) is 30.8. The molecule has 10 rings (SSSR count). The predicted octanol–water partition coefficient (Wildman–Crippen LogP) is 5.50. The monoisotopic (exact) mass is 738 g/mol. The smallest absolute Gasteiger partial charge is 0.414 e. The molecule has 12 heteroatoms. The number of aromatic nitrogens is 2. The van der Waals surface area contributed by atoms with Crippen molar-refractivity contribution in [3.8, 4) is 11.5 Å². The zero-order valence-electron chi connectivity index (χ0n) is 30.8. The third kappa shape index (κ3) is 8.12.